The minimum Gasteiger partial charge on any atom is -0.319 e. The van der Waals surface area contributed by atoms with E-state index in [1.165, 1.54) is 0 Å². The van der Waals surface area contributed by atoms with E-state index in [2.05, 4.69) is 25.9 Å². The summed E-state index contributed by atoms with van der Waals surface area (Å²) in [5.74, 6) is 0.887. The molecule has 1 aromatic rings. The molecule has 14 heavy (non-hydrogen) atoms. The van der Waals surface area contributed by atoms with Crippen LogP contribution in [0.5, 0.6) is 0 Å². The molecule has 4 heteroatoms. The van der Waals surface area contributed by atoms with Gasteiger partial charge in [-0.05, 0) is 6.08 Å². The molecule has 0 aliphatic carbocycles. The van der Waals surface area contributed by atoms with E-state index in [9.17, 15) is 0 Å². The summed E-state index contributed by atoms with van der Waals surface area (Å²) in [6, 6.07) is 0. The summed E-state index contributed by atoms with van der Waals surface area (Å²) in [7, 11) is 0. The van der Waals surface area contributed by atoms with Crippen molar-refractivity contribution in [2.24, 2.45) is 4.99 Å². The van der Waals surface area contributed by atoms with Gasteiger partial charge in [0, 0.05) is 6.54 Å². The molecule has 0 saturated carbocycles. The van der Waals surface area contributed by atoms with E-state index in [1.807, 2.05) is 18.4 Å². The van der Waals surface area contributed by atoms with Crippen molar-refractivity contribution < 1.29 is 0 Å². The largest absolute Gasteiger partial charge is 0.319 e. The molecule has 0 spiro atoms. The van der Waals surface area contributed by atoms with E-state index in [4.69, 9.17) is 0 Å². The van der Waals surface area contributed by atoms with Crippen LogP contribution in [0.4, 0.5) is 11.5 Å². The number of rotatable bonds is 0. The van der Waals surface area contributed by atoms with Crippen LogP contribution in [0.3, 0.4) is 0 Å². The number of aliphatic imine (C=N–C) groups is 1. The van der Waals surface area contributed by atoms with E-state index in [1.54, 1.807) is 12.5 Å². The van der Waals surface area contributed by atoms with Crippen LogP contribution in [0.15, 0.2) is 41.4 Å². The van der Waals surface area contributed by atoms with Gasteiger partial charge in [0.1, 0.15) is 12.0 Å². The van der Waals surface area contributed by atoms with Crippen LogP contribution in [-0.4, -0.2) is 22.7 Å². The molecule has 0 fully saturated rings. The maximum absolute atomic E-state index is 4.28. The molecule has 1 aromatic heterocycles. The highest BCUT2D eigenvalue weighted by Gasteiger charge is 2.19. The van der Waals surface area contributed by atoms with Crippen LogP contribution in [0.2, 0.25) is 0 Å². The Hall–Kier alpha value is -1.97. The molecule has 0 atom stereocenters. The molecule has 3 heterocycles. The average molecular weight is 184 g/mol. The predicted molar refractivity (Wildman–Crippen MR) is 54.8 cm³/mol. The lowest BCUT2D eigenvalue weighted by atomic mass is 10.2. The van der Waals surface area contributed by atoms with Gasteiger partial charge in [-0.1, -0.05) is 12.2 Å². The van der Waals surface area contributed by atoms with Crippen LogP contribution in [-0.2, 0) is 0 Å². The molecule has 0 aromatic carbocycles. The lowest BCUT2D eigenvalue weighted by molar-refractivity contribution is 0.974. The van der Waals surface area contributed by atoms with Crippen molar-refractivity contribution in [1.29, 1.82) is 0 Å². The van der Waals surface area contributed by atoms with Crippen LogP contribution in [0.25, 0.3) is 0 Å². The molecule has 2 aliphatic rings. The second-order valence-corrected chi connectivity index (χ2v) is 3.12. The monoisotopic (exact) mass is 184 g/mol. The fraction of sp³-hybridized carbons (Fsp3) is 0.100. The third-order valence-electron chi connectivity index (χ3n) is 2.27. The summed E-state index contributed by atoms with van der Waals surface area (Å²) in [5, 5.41) is 0. The highest BCUT2D eigenvalue weighted by atomic mass is 15.2. The zero-order valence-electron chi connectivity index (χ0n) is 7.46. The van der Waals surface area contributed by atoms with Crippen molar-refractivity contribution in [3.63, 3.8) is 0 Å². The molecule has 2 aliphatic heterocycles. The van der Waals surface area contributed by atoms with Crippen molar-refractivity contribution >= 4 is 17.7 Å². The third kappa shape index (κ3) is 0.970. The number of hydrogen-bond donors (Lipinski definition) is 0. The summed E-state index contributed by atoms with van der Waals surface area (Å²) in [5.41, 5.74) is 1.92. The van der Waals surface area contributed by atoms with Gasteiger partial charge >= 0.3 is 0 Å². The molecule has 0 unspecified atom stereocenters. The third-order valence-corrected chi connectivity index (χ3v) is 2.27. The molecular weight excluding hydrogens is 176 g/mol. The Morgan fingerprint density at radius 3 is 3.36 bits per heavy atom. The number of hydrogen-bond acceptors (Lipinski definition) is 4. The topological polar surface area (TPSA) is 41.4 Å². The first kappa shape index (κ1) is 7.44. The number of anilines is 1. The van der Waals surface area contributed by atoms with Gasteiger partial charge in [-0.15, -0.1) is 0 Å². The zero-order chi connectivity index (χ0) is 9.38. The first-order chi connectivity index (χ1) is 6.95. The first-order valence-electron chi connectivity index (χ1n) is 4.43. The van der Waals surface area contributed by atoms with Gasteiger partial charge in [-0.2, -0.15) is 0 Å². The Morgan fingerprint density at radius 2 is 2.36 bits per heavy atom. The van der Waals surface area contributed by atoms with Gasteiger partial charge in [0.2, 0.25) is 0 Å². The highest BCUT2D eigenvalue weighted by Crippen LogP contribution is 2.31. The van der Waals surface area contributed by atoms with Crippen molar-refractivity contribution in [2.75, 3.05) is 11.4 Å². The van der Waals surface area contributed by atoms with Crippen LogP contribution in [0.1, 0.15) is 0 Å². The van der Waals surface area contributed by atoms with E-state index >= 15 is 0 Å². The lowest BCUT2D eigenvalue weighted by Gasteiger charge is -2.28. The minimum absolute atomic E-state index is 0.833. The molecule has 0 saturated heterocycles. The second-order valence-electron chi connectivity index (χ2n) is 3.12. The van der Waals surface area contributed by atoms with E-state index < -0.39 is 0 Å². The smallest absolute Gasteiger partial charge is 0.162 e. The lowest BCUT2D eigenvalue weighted by Crippen LogP contribution is -2.28. The molecular formula is C10H8N4. The number of aromatic nitrogens is 2. The Balaban J connectivity index is 2.18. The standard InChI is InChI=1S/C10H8N4/c1-2-4-14-8(3-1)5-12-9-6-11-7-13-10(9)14/h1-3,5-7H,4H2. The van der Waals surface area contributed by atoms with Crippen LogP contribution >= 0.6 is 0 Å². The molecule has 3 rings (SSSR count). The first-order valence-corrected chi connectivity index (χ1v) is 4.43. The molecule has 4 nitrogen and oxygen atoms in total. The quantitative estimate of drug-likeness (QED) is 0.612. The molecule has 0 amide bonds. The fourth-order valence-corrected chi connectivity index (χ4v) is 1.60. The van der Waals surface area contributed by atoms with Crippen molar-refractivity contribution in [1.82, 2.24) is 9.97 Å². The van der Waals surface area contributed by atoms with Gasteiger partial charge in [-0.3, -0.25) is 0 Å². The molecule has 0 bridgehead atoms. The predicted octanol–water partition coefficient (Wildman–Crippen LogP) is 1.45. The summed E-state index contributed by atoms with van der Waals surface area (Å²) in [6.45, 7) is 0.849. The Bertz CT molecular complexity index is 459. The fourth-order valence-electron chi connectivity index (χ4n) is 1.60. The van der Waals surface area contributed by atoms with Crippen molar-refractivity contribution in [2.45, 2.75) is 0 Å². The van der Waals surface area contributed by atoms with E-state index in [0.717, 1.165) is 23.7 Å². The van der Waals surface area contributed by atoms with Gasteiger partial charge in [0.05, 0.1) is 18.1 Å². The Labute approximate surface area is 81.3 Å². The molecule has 0 N–H and O–H groups in total. The highest BCUT2D eigenvalue weighted by molar-refractivity contribution is 5.92. The summed E-state index contributed by atoms with van der Waals surface area (Å²) in [4.78, 5) is 14.6. The van der Waals surface area contributed by atoms with Crippen molar-refractivity contribution in [3.8, 4) is 0 Å². The van der Waals surface area contributed by atoms with E-state index in [0.29, 0.717) is 0 Å². The summed E-state index contributed by atoms with van der Waals surface area (Å²) in [6.07, 6.45) is 11.3. The number of nitrogens with zero attached hydrogens (tertiary/aromatic N) is 4. The van der Waals surface area contributed by atoms with E-state index in [-0.39, 0.29) is 0 Å². The van der Waals surface area contributed by atoms with Gasteiger partial charge < -0.3 is 4.90 Å². The summed E-state index contributed by atoms with van der Waals surface area (Å²) < 4.78 is 0. The molecule has 68 valence electrons. The average Bonchev–Trinajstić information content (AvgIpc) is 2.29. The Morgan fingerprint density at radius 1 is 1.36 bits per heavy atom. The van der Waals surface area contributed by atoms with Crippen LogP contribution < -0.4 is 4.90 Å². The van der Waals surface area contributed by atoms with Gasteiger partial charge in [0.15, 0.2) is 5.82 Å². The van der Waals surface area contributed by atoms with Gasteiger partial charge in [-0.25, -0.2) is 15.0 Å². The normalized spacial score (nSPS) is 17.4. The maximum Gasteiger partial charge on any atom is 0.162 e. The van der Waals surface area contributed by atoms with Crippen molar-refractivity contribution in [3.05, 3.63) is 36.4 Å². The van der Waals surface area contributed by atoms with Crippen LogP contribution in [0, 0.1) is 0 Å². The zero-order valence-corrected chi connectivity index (χ0v) is 7.46. The number of fused-ring (bicyclic) bond motifs is 3. The SMILES string of the molecule is C1=CCN2C(=C1)C=Nc1cncnc12. The summed E-state index contributed by atoms with van der Waals surface area (Å²) >= 11 is 0. The minimum atomic E-state index is 0.833. The maximum atomic E-state index is 4.28. The Kier molecular flexibility index (Phi) is 1.47. The second kappa shape index (κ2) is 2.77. The number of allylic oxidation sites excluding steroid dienone is 3. The molecule has 0 radical (unpaired) electrons. The van der Waals surface area contributed by atoms with Gasteiger partial charge in [0.25, 0.3) is 0 Å².